The summed E-state index contributed by atoms with van der Waals surface area (Å²) in [6, 6.07) is 0. The Labute approximate surface area is 227 Å². The molecule has 0 aromatic rings. The summed E-state index contributed by atoms with van der Waals surface area (Å²) in [5, 5.41) is 17.2. The number of carbonyl (C=O) groups is 3. The summed E-state index contributed by atoms with van der Waals surface area (Å²) in [6.45, 7) is 17.5. The molecule has 0 aliphatic rings. The lowest BCUT2D eigenvalue weighted by atomic mass is 10.0. The highest BCUT2D eigenvalue weighted by atomic mass is 35.5. The first-order valence-corrected chi connectivity index (χ1v) is 12.0. The van der Waals surface area contributed by atoms with Crippen molar-refractivity contribution < 1.29 is 34.1 Å². The Balaban J connectivity index is -0.000000139. The van der Waals surface area contributed by atoms with Gasteiger partial charge in [0.2, 0.25) is 5.24 Å². The topological polar surface area (TPSA) is 110 Å². The van der Waals surface area contributed by atoms with Crippen molar-refractivity contribution in [3.05, 3.63) is 38.0 Å². The first-order chi connectivity index (χ1) is 15.7. The van der Waals surface area contributed by atoms with Gasteiger partial charge in [-0.15, -0.1) is 23.2 Å². The second kappa shape index (κ2) is 28.9. The Bertz CT molecular complexity index is 572. The summed E-state index contributed by atoms with van der Waals surface area (Å²) in [4.78, 5) is 31.2. The number of halogens is 3. The summed E-state index contributed by atoms with van der Waals surface area (Å²) < 4.78 is 9.98. The normalized spacial score (nSPS) is 9.63. The number of allylic oxidation sites excluding steroid dienone is 1. The summed E-state index contributed by atoms with van der Waals surface area (Å²) in [5.41, 5.74) is -1.08. The van der Waals surface area contributed by atoms with Crippen LogP contribution in [-0.4, -0.2) is 57.1 Å². The number of hydrogen-bond donors (Lipinski definition) is 2. The van der Waals surface area contributed by atoms with Crippen LogP contribution in [0.15, 0.2) is 38.0 Å². The number of ether oxygens (including phenoxy) is 2. The monoisotopic (exact) mass is 562 g/mol. The van der Waals surface area contributed by atoms with Gasteiger partial charge in [-0.05, 0) is 83.9 Å². The zero-order valence-electron chi connectivity index (χ0n) is 20.8. The Morgan fingerprint density at radius 1 is 0.857 bits per heavy atom. The number of aliphatic hydroxyl groups excluding tert-OH is 1. The average molecular weight is 564 g/mol. The van der Waals surface area contributed by atoms with Crippen LogP contribution in [0.25, 0.3) is 0 Å². The molecule has 208 valence electrons. The lowest BCUT2D eigenvalue weighted by Crippen LogP contribution is -2.27. The van der Waals surface area contributed by atoms with Gasteiger partial charge in [0.1, 0.15) is 5.60 Å². The van der Waals surface area contributed by atoms with E-state index in [-0.39, 0.29) is 19.4 Å². The molecule has 35 heavy (non-hydrogen) atoms. The van der Waals surface area contributed by atoms with E-state index in [0.717, 1.165) is 50.3 Å². The predicted octanol–water partition coefficient (Wildman–Crippen LogP) is 6.31. The lowest BCUT2D eigenvalue weighted by Gasteiger charge is -2.24. The molecule has 2 N–H and O–H groups in total. The molecule has 0 unspecified atom stereocenters. The minimum absolute atomic E-state index is 0. The van der Waals surface area contributed by atoms with E-state index in [9.17, 15) is 14.4 Å². The Morgan fingerprint density at radius 2 is 1.29 bits per heavy atom. The molecular formula is C25H45Cl3O7. The van der Waals surface area contributed by atoms with Gasteiger partial charge in [0.05, 0.1) is 17.5 Å². The molecule has 0 aliphatic heterocycles. The van der Waals surface area contributed by atoms with Gasteiger partial charge in [-0.2, -0.15) is 0 Å². The molecule has 0 aliphatic carbocycles. The number of esters is 2. The van der Waals surface area contributed by atoms with E-state index in [1.54, 1.807) is 13.8 Å². The third-order valence-corrected chi connectivity index (χ3v) is 3.64. The van der Waals surface area contributed by atoms with E-state index < -0.39 is 28.4 Å². The van der Waals surface area contributed by atoms with E-state index in [0.29, 0.717) is 13.0 Å². The van der Waals surface area contributed by atoms with Gasteiger partial charge < -0.3 is 19.7 Å². The van der Waals surface area contributed by atoms with Crippen LogP contribution in [0.3, 0.4) is 0 Å². The molecule has 0 bridgehead atoms. The number of alkyl halides is 2. The second-order valence-corrected chi connectivity index (χ2v) is 9.00. The Morgan fingerprint density at radius 3 is 1.63 bits per heavy atom. The third kappa shape index (κ3) is 50.5. The van der Waals surface area contributed by atoms with E-state index in [4.69, 9.17) is 54.5 Å². The SMILES string of the molecule is C.C=CC(=O)Cl.C=CC(=O)OCCCCC(C)(C)OC(=O)C=C.CC(C)(O)CCCCO.ClCCl. The number of unbranched alkanes of at least 4 members (excludes halogenated alkanes) is 2. The second-order valence-electron chi connectivity index (χ2n) is 7.82. The van der Waals surface area contributed by atoms with Crippen molar-refractivity contribution in [2.45, 2.75) is 84.8 Å². The fourth-order valence-electron chi connectivity index (χ4n) is 1.92. The van der Waals surface area contributed by atoms with Crippen LogP contribution >= 0.6 is 34.8 Å². The molecule has 7 nitrogen and oxygen atoms in total. The predicted molar refractivity (Wildman–Crippen MR) is 147 cm³/mol. The van der Waals surface area contributed by atoms with Crippen LogP contribution in [0.1, 0.15) is 73.6 Å². The van der Waals surface area contributed by atoms with Gasteiger partial charge in [-0.25, -0.2) is 9.59 Å². The number of rotatable bonds is 13. The summed E-state index contributed by atoms with van der Waals surface area (Å²) in [7, 11) is 0. The standard InChI is InChI=1S/C13H20O4.C7H16O2.C3H3ClO.CH2Cl2.CH4/c1-5-11(14)16-10-8-7-9-13(3,4)17-12(15)6-2;1-7(2,9)5-3-4-6-8;1-2-3(4)5;2-1-3;/h5-6H,1-2,7-10H2,3-4H3;8-9H,3-6H2,1-2H3;2H,1H2;1H2;1H4. The van der Waals surface area contributed by atoms with Gasteiger partial charge in [-0.1, -0.05) is 27.2 Å². The van der Waals surface area contributed by atoms with Crippen LogP contribution in [0.5, 0.6) is 0 Å². The summed E-state index contributed by atoms with van der Waals surface area (Å²) >= 11 is 14.2. The Kier molecular flexibility index (Phi) is 36.0. The van der Waals surface area contributed by atoms with Gasteiger partial charge >= 0.3 is 11.9 Å². The van der Waals surface area contributed by atoms with Crippen molar-refractivity contribution in [2.75, 3.05) is 18.6 Å². The molecule has 0 heterocycles. The van der Waals surface area contributed by atoms with Gasteiger partial charge in [-0.3, -0.25) is 4.79 Å². The summed E-state index contributed by atoms with van der Waals surface area (Å²) in [5.74, 6) is -0.838. The first-order valence-electron chi connectivity index (χ1n) is 10.6. The highest BCUT2D eigenvalue weighted by Gasteiger charge is 2.20. The van der Waals surface area contributed by atoms with Crippen LogP contribution in [0.2, 0.25) is 0 Å². The lowest BCUT2D eigenvalue weighted by molar-refractivity contribution is -0.150. The number of aliphatic hydroxyl groups is 2. The Hall–Kier alpha value is -1.38. The van der Waals surface area contributed by atoms with Gasteiger partial charge in [0, 0.05) is 18.8 Å². The van der Waals surface area contributed by atoms with E-state index in [1.807, 2.05) is 13.8 Å². The van der Waals surface area contributed by atoms with Crippen molar-refractivity contribution in [3.8, 4) is 0 Å². The molecule has 0 rings (SSSR count). The molecule has 0 radical (unpaired) electrons. The summed E-state index contributed by atoms with van der Waals surface area (Å²) in [6.07, 6.45) is 8.04. The van der Waals surface area contributed by atoms with Crippen LogP contribution in [-0.2, 0) is 23.9 Å². The fraction of sp³-hybridized carbons (Fsp3) is 0.640. The highest BCUT2D eigenvalue weighted by molar-refractivity contribution is 6.66. The molecule has 0 saturated carbocycles. The van der Waals surface area contributed by atoms with Crippen LogP contribution in [0.4, 0.5) is 0 Å². The molecule has 0 saturated heterocycles. The average Bonchev–Trinajstić information content (AvgIpc) is 2.73. The molecule has 0 amide bonds. The molecule has 10 heteroatoms. The molecule has 0 spiro atoms. The maximum atomic E-state index is 11.0. The molecule has 0 atom stereocenters. The molecule has 0 aromatic carbocycles. The molecule has 0 fully saturated rings. The van der Waals surface area contributed by atoms with Crippen molar-refractivity contribution in [2.24, 2.45) is 0 Å². The first kappa shape index (κ1) is 43.7. The molecular weight excluding hydrogens is 519 g/mol. The van der Waals surface area contributed by atoms with Crippen molar-refractivity contribution in [1.29, 1.82) is 0 Å². The highest BCUT2D eigenvalue weighted by Crippen LogP contribution is 2.18. The quantitative estimate of drug-likeness (QED) is 0.0888. The maximum absolute atomic E-state index is 11.0. The zero-order valence-corrected chi connectivity index (χ0v) is 23.1. The molecule has 0 aromatic heterocycles. The van der Waals surface area contributed by atoms with Gasteiger partial charge in [0.25, 0.3) is 0 Å². The number of hydrogen-bond acceptors (Lipinski definition) is 7. The van der Waals surface area contributed by atoms with E-state index in [2.05, 4.69) is 19.7 Å². The fourth-order valence-corrected chi connectivity index (χ4v) is 1.92. The largest absolute Gasteiger partial charge is 0.463 e. The number of carbonyl (C=O) groups excluding carboxylic acids is 3. The van der Waals surface area contributed by atoms with Gasteiger partial charge in [0.15, 0.2) is 0 Å². The maximum Gasteiger partial charge on any atom is 0.330 e. The zero-order chi connectivity index (χ0) is 27.6. The smallest absolute Gasteiger partial charge is 0.330 e. The van der Waals surface area contributed by atoms with E-state index in [1.165, 1.54) is 0 Å². The minimum atomic E-state index is -0.560. The van der Waals surface area contributed by atoms with Crippen molar-refractivity contribution in [3.63, 3.8) is 0 Å². The van der Waals surface area contributed by atoms with Crippen LogP contribution < -0.4 is 0 Å². The van der Waals surface area contributed by atoms with Crippen molar-refractivity contribution >= 4 is 52.0 Å². The third-order valence-electron chi connectivity index (χ3n) is 3.48. The van der Waals surface area contributed by atoms with Crippen molar-refractivity contribution in [1.82, 2.24) is 0 Å². The van der Waals surface area contributed by atoms with Crippen LogP contribution in [0, 0.1) is 0 Å². The minimum Gasteiger partial charge on any atom is -0.463 e. The van der Waals surface area contributed by atoms with E-state index >= 15 is 0 Å².